The summed E-state index contributed by atoms with van der Waals surface area (Å²) in [5, 5.41) is 2.58. The molecule has 0 saturated heterocycles. The van der Waals surface area contributed by atoms with Crippen molar-refractivity contribution in [1.29, 1.82) is 0 Å². The number of carbonyl (C=O) groups excluding carboxylic acids is 3. The molecule has 0 heterocycles. The average Bonchev–Trinajstić information content (AvgIpc) is 2.61. The number of amides is 1. The third-order valence-corrected chi connectivity index (χ3v) is 3.02. The maximum atomic E-state index is 11.8. The number of benzene rings is 1. The van der Waals surface area contributed by atoms with Gasteiger partial charge in [-0.3, -0.25) is 4.79 Å². The molecule has 6 heteroatoms. The first kappa shape index (κ1) is 20.2. The molecule has 0 unspecified atom stereocenters. The minimum Gasteiger partial charge on any atom is -0.462 e. The third kappa shape index (κ3) is 8.50. The van der Waals surface area contributed by atoms with Crippen LogP contribution in [-0.2, 0) is 19.1 Å². The van der Waals surface area contributed by atoms with Gasteiger partial charge in [0, 0.05) is 11.8 Å². The molecule has 1 rings (SSSR count). The van der Waals surface area contributed by atoms with Crippen molar-refractivity contribution in [3.63, 3.8) is 0 Å². The van der Waals surface area contributed by atoms with Crippen molar-refractivity contribution in [2.24, 2.45) is 0 Å². The van der Waals surface area contributed by atoms with E-state index in [1.54, 1.807) is 36.4 Å². The smallest absolute Gasteiger partial charge is 0.338 e. The van der Waals surface area contributed by atoms with Crippen LogP contribution >= 0.6 is 0 Å². The summed E-state index contributed by atoms with van der Waals surface area (Å²) >= 11 is 0. The molecule has 0 aliphatic heterocycles. The van der Waals surface area contributed by atoms with Crippen LogP contribution in [0.4, 0.5) is 5.69 Å². The molecule has 0 fully saturated rings. The van der Waals surface area contributed by atoms with E-state index in [4.69, 9.17) is 9.47 Å². The Bertz CT molecular complexity index is 632. The zero-order chi connectivity index (χ0) is 18.5. The molecular weight excluding hydrogens is 322 g/mol. The van der Waals surface area contributed by atoms with Crippen molar-refractivity contribution in [3.05, 3.63) is 54.1 Å². The van der Waals surface area contributed by atoms with Crippen molar-refractivity contribution in [3.8, 4) is 0 Å². The number of esters is 2. The summed E-state index contributed by atoms with van der Waals surface area (Å²) in [6.45, 7) is 3.84. The molecular formula is C19H23NO5. The molecule has 0 aliphatic carbocycles. The van der Waals surface area contributed by atoms with Crippen LogP contribution in [0.3, 0.4) is 0 Å². The first-order chi connectivity index (χ1) is 12.1. The summed E-state index contributed by atoms with van der Waals surface area (Å²) in [6.07, 6.45) is 7.97. The highest BCUT2D eigenvalue weighted by atomic mass is 16.5. The SMILES string of the molecule is C/C=C/C=C/C(=O)OCC(=O)Nc1ccc(C(=O)OCCCC)cc1. The minimum absolute atomic E-state index is 0.389. The molecule has 1 aromatic rings. The number of ether oxygens (including phenoxy) is 2. The Balaban J connectivity index is 2.42. The van der Waals surface area contributed by atoms with Gasteiger partial charge in [0.15, 0.2) is 6.61 Å². The molecule has 25 heavy (non-hydrogen) atoms. The summed E-state index contributed by atoms with van der Waals surface area (Å²) in [4.78, 5) is 34.8. The first-order valence-corrected chi connectivity index (χ1v) is 8.10. The fourth-order valence-corrected chi connectivity index (χ4v) is 1.71. The number of carbonyl (C=O) groups is 3. The molecule has 134 valence electrons. The predicted molar refractivity (Wildman–Crippen MR) is 95.2 cm³/mol. The Hall–Kier alpha value is -2.89. The van der Waals surface area contributed by atoms with Crippen molar-refractivity contribution in [2.75, 3.05) is 18.5 Å². The second-order valence-corrected chi connectivity index (χ2v) is 5.11. The standard InChI is InChI=1S/C19H23NO5/c1-3-5-7-8-18(22)25-14-17(21)20-16-11-9-15(10-12-16)19(23)24-13-6-4-2/h3,5,7-12H,4,6,13-14H2,1-2H3,(H,20,21)/b5-3+,8-7+. The van der Waals surface area contributed by atoms with E-state index in [2.05, 4.69) is 5.32 Å². The predicted octanol–water partition coefficient (Wildman–Crippen LogP) is 3.26. The van der Waals surface area contributed by atoms with Gasteiger partial charge in [-0.15, -0.1) is 0 Å². The number of allylic oxidation sites excluding steroid dienone is 3. The van der Waals surface area contributed by atoms with Crippen molar-refractivity contribution >= 4 is 23.5 Å². The number of anilines is 1. The van der Waals surface area contributed by atoms with E-state index >= 15 is 0 Å². The van der Waals surface area contributed by atoms with Gasteiger partial charge in [-0.2, -0.15) is 0 Å². The molecule has 0 bridgehead atoms. The first-order valence-electron chi connectivity index (χ1n) is 8.10. The van der Waals surface area contributed by atoms with Gasteiger partial charge in [0.25, 0.3) is 5.91 Å². The molecule has 1 amide bonds. The van der Waals surface area contributed by atoms with Crippen LogP contribution in [-0.4, -0.2) is 31.1 Å². The number of nitrogens with one attached hydrogen (secondary N) is 1. The van der Waals surface area contributed by atoms with Crippen molar-refractivity contribution in [2.45, 2.75) is 26.7 Å². The van der Waals surface area contributed by atoms with Gasteiger partial charge in [-0.1, -0.05) is 31.6 Å². The molecule has 1 N–H and O–H groups in total. The fraction of sp³-hybridized carbons (Fsp3) is 0.316. The Morgan fingerprint density at radius 2 is 1.80 bits per heavy atom. The van der Waals surface area contributed by atoms with Crippen molar-refractivity contribution in [1.82, 2.24) is 0 Å². The summed E-state index contributed by atoms with van der Waals surface area (Å²) in [5.41, 5.74) is 0.908. The Labute approximate surface area is 147 Å². The van der Waals surface area contributed by atoms with Crippen LogP contribution in [0, 0.1) is 0 Å². The van der Waals surface area contributed by atoms with Gasteiger partial charge in [0.05, 0.1) is 12.2 Å². The minimum atomic E-state index is -0.599. The third-order valence-electron chi connectivity index (χ3n) is 3.02. The lowest BCUT2D eigenvalue weighted by Crippen LogP contribution is -2.20. The van der Waals surface area contributed by atoms with Crippen LogP contribution in [0.25, 0.3) is 0 Å². The van der Waals surface area contributed by atoms with E-state index in [0.29, 0.717) is 17.9 Å². The highest BCUT2D eigenvalue weighted by molar-refractivity contribution is 5.95. The second-order valence-electron chi connectivity index (χ2n) is 5.11. The quantitative estimate of drug-likeness (QED) is 0.321. The summed E-state index contributed by atoms with van der Waals surface area (Å²) in [6, 6.07) is 6.30. The fourth-order valence-electron chi connectivity index (χ4n) is 1.71. The van der Waals surface area contributed by atoms with E-state index in [1.165, 1.54) is 12.2 Å². The van der Waals surface area contributed by atoms with Gasteiger partial charge in [0.1, 0.15) is 0 Å². The van der Waals surface area contributed by atoms with Gasteiger partial charge in [0.2, 0.25) is 0 Å². The second kappa shape index (κ2) is 11.6. The van der Waals surface area contributed by atoms with Crippen LogP contribution < -0.4 is 5.32 Å². The summed E-state index contributed by atoms with van der Waals surface area (Å²) in [7, 11) is 0. The molecule has 1 aromatic carbocycles. The maximum absolute atomic E-state index is 11.8. The van der Waals surface area contributed by atoms with Crippen LogP contribution in [0.5, 0.6) is 0 Å². The molecule has 0 radical (unpaired) electrons. The van der Waals surface area contributed by atoms with E-state index < -0.39 is 17.8 Å². The zero-order valence-electron chi connectivity index (χ0n) is 14.5. The molecule has 6 nitrogen and oxygen atoms in total. The topological polar surface area (TPSA) is 81.7 Å². The van der Waals surface area contributed by atoms with Gasteiger partial charge >= 0.3 is 11.9 Å². The van der Waals surface area contributed by atoms with E-state index in [1.807, 2.05) is 13.8 Å². The molecule has 0 aromatic heterocycles. The van der Waals surface area contributed by atoms with Crippen molar-refractivity contribution < 1.29 is 23.9 Å². The lowest BCUT2D eigenvalue weighted by molar-refractivity contribution is -0.142. The maximum Gasteiger partial charge on any atom is 0.338 e. The number of hydrogen-bond donors (Lipinski definition) is 1. The lowest BCUT2D eigenvalue weighted by Gasteiger charge is -2.07. The summed E-state index contributed by atoms with van der Waals surface area (Å²) < 4.78 is 9.89. The van der Waals surface area contributed by atoms with E-state index in [0.717, 1.165) is 12.8 Å². The molecule has 0 atom stereocenters. The molecule has 0 saturated carbocycles. The number of hydrogen-bond acceptors (Lipinski definition) is 5. The average molecular weight is 345 g/mol. The van der Waals surface area contributed by atoms with Crippen LogP contribution in [0.1, 0.15) is 37.0 Å². The number of unbranched alkanes of at least 4 members (excludes halogenated alkanes) is 1. The Morgan fingerprint density at radius 1 is 1.08 bits per heavy atom. The van der Waals surface area contributed by atoms with Gasteiger partial charge < -0.3 is 14.8 Å². The highest BCUT2D eigenvalue weighted by Gasteiger charge is 2.08. The molecule has 0 aliphatic rings. The largest absolute Gasteiger partial charge is 0.462 e. The summed E-state index contributed by atoms with van der Waals surface area (Å²) in [5.74, 6) is -1.46. The number of rotatable bonds is 9. The normalized spacial score (nSPS) is 10.8. The zero-order valence-corrected chi connectivity index (χ0v) is 14.5. The highest BCUT2D eigenvalue weighted by Crippen LogP contribution is 2.11. The van der Waals surface area contributed by atoms with E-state index in [9.17, 15) is 14.4 Å². The van der Waals surface area contributed by atoms with Gasteiger partial charge in [-0.25, -0.2) is 9.59 Å². The van der Waals surface area contributed by atoms with E-state index in [-0.39, 0.29) is 6.61 Å². The lowest BCUT2D eigenvalue weighted by atomic mass is 10.2. The van der Waals surface area contributed by atoms with Gasteiger partial charge in [-0.05, 0) is 37.6 Å². The monoisotopic (exact) mass is 345 g/mol. The molecule has 0 spiro atoms. The Morgan fingerprint density at radius 3 is 2.44 bits per heavy atom. The van der Waals surface area contributed by atoms with Crippen LogP contribution in [0.15, 0.2) is 48.6 Å². The Kier molecular flexibility index (Phi) is 9.36. The van der Waals surface area contributed by atoms with Crippen LogP contribution in [0.2, 0.25) is 0 Å².